The predicted octanol–water partition coefficient (Wildman–Crippen LogP) is -6.04. The van der Waals surface area contributed by atoms with Crippen LogP contribution < -0.4 is 29.4 Å². The summed E-state index contributed by atoms with van der Waals surface area (Å²) in [6, 6.07) is 0. The van der Waals surface area contributed by atoms with Gasteiger partial charge < -0.3 is 38.5 Å². The smallest absolute Gasteiger partial charge is 0.822 e. The predicted molar refractivity (Wildman–Crippen MR) is 21.0 cm³/mol. The van der Waals surface area contributed by atoms with Crippen LogP contribution in [-0.4, -0.2) is 37.7 Å². The molecule has 0 N–H and O–H groups in total. The third-order valence-corrected chi connectivity index (χ3v) is 0. The fourth-order valence-corrected chi connectivity index (χ4v) is 0. The molecule has 1 radical (unpaired) electrons. The van der Waals surface area contributed by atoms with Crippen molar-refractivity contribution < 1.29 is 72.6 Å². The Morgan fingerprint density at radius 3 is 0.692 bits per heavy atom. The molecule has 0 aliphatic carbocycles. The number of hydrogen-bond donors (Lipinski definition) is 0. The standard InChI is InChI=1S/Ca.Fe.Mn.2H3O4P/c;;;2*1-5(2,3)4/h;;;2*(H3,1,2,3,4)/q3*+2;;/p-6. The zero-order valence-corrected chi connectivity index (χ0v) is 11.9. The van der Waals surface area contributed by atoms with E-state index in [4.69, 9.17) is 38.5 Å². The van der Waals surface area contributed by atoms with Crippen molar-refractivity contribution in [1.29, 1.82) is 0 Å². The van der Waals surface area contributed by atoms with Crippen LogP contribution in [0.1, 0.15) is 0 Å². The Balaban J connectivity index is -0.0000000267. The van der Waals surface area contributed by atoms with E-state index in [2.05, 4.69) is 0 Å². The van der Waals surface area contributed by atoms with Crippen molar-refractivity contribution in [1.82, 2.24) is 0 Å². The van der Waals surface area contributed by atoms with Crippen LogP contribution in [-0.2, 0) is 43.3 Å². The first-order valence-electron chi connectivity index (χ1n) is 1.46. The van der Waals surface area contributed by atoms with Crippen molar-refractivity contribution >= 4 is 53.4 Å². The van der Waals surface area contributed by atoms with Gasteiger partial charge in [-0.2, -0.15) is 15.6 Å². The Bertz CT molecular complexity index is 134. The molecule has 0 aromatic heterocycles. The largest absolute Gasteiger partial charge is 2.00 e. The quantitative estimate of drug-likeness (QED) is 0.309. The summed E-state index contributed by atoms with van der Waals surface area (Å²) < 4.78 is 17.1. The molecule has 0 saturated heterocycles. The summed E-state index contributed by atoms with van der Waals surface area (Å²) in [7, 11) is -10.8. The Labute approximate surface area is 125 Å². The minimum absolute atomic E-state index is 0. The first kappa shape index (κ1) is 29.6. The average Bonchev–Trinajstić information content (AvgIpc) is 1.12. The molecule has 13 heavy (non-hydrogen) atoms. The summed E-state index contributed by atoms with van der Waals surface area (Å²) in [6.07, 6.45) is 0. The van der Waals surface area contributed by atoms with Crippen molar-refractivity contribution in [3.8, 4) is 0 Å². The monoisotopic (exact) mass is 341 g/mol. The summed E-state index contributed by atoms with van der Waals surface area (Å²) in [4.78, 5) is 51.3. The maximum absolute atomic E-state index is 8.55. The minimum atomic E-state index is -5.39. The molecular formula is CaFeMnO8P2. The van der Waals surface area contributed by atoms with Crippen LogP contribution in [0.2, 0.25) is 0 Å². The molecule has 0 amide bonds. The maximum atomic E-state index is 8.55. The van der Waals surface area contributed by atoms with Crippen LogP contribution in [0.4, 0.5) is 0 Å². The van der Waals surface area contributed by atoms with Crippen LogP contribution in [0.5, 0.6) is 0 Å². The SMILES string of the molecule is O=P([O-])([O-])[O-].O=P([O-])([O-])[O-].[Ca+2].[Fe+2].[Mn+2]. The minimum Gasteiger partial charge on any atom is -0.822 e. The van der Waals surface area contributed by atoms with Gasteiger partial charge in [0.15, 0.2) is 0 Å². The fourth-order valence-electron chi connectivity index (χ4n) is 0. The van der Waals surface area contributed by atoms with Crippen molar-refractivity contribution in [2.75, 3.05) is 0 Å². The second-order valence-electron chi connectivity index (χ2n) is 0.894. The van der Waals surface area contributed by atoms with Crippen LogP contribution in [0, 0.1) is 0 Å². The third-order valence-electron chi connectivity index (χ3n) is 0. The van der Waals surface area contributed by atoms with Crippen molar-refractivity contribution in [3.63, 3.8) is 0 Å². The molecule has 13 heteroatoms. The van der Waals surface area contributed by atoms with Crippen molar-refractivity contribution in [2.24, 2.45) is 0 Å². The molecule has 0 fully saturated rings. The Morgan fingerprint density at radius 1 is 0.692 bits per heavy atom. The second kappa shape index (κ2) is 12.6. The summed E-state index contributed by atoms with van der Waals surface area (Å²) in [5, 5.41) is 0. The van der Waals surface area contributed by atoms with E-state index in [1.54, 1.807) is 0 Å². The second-order valence-corrected chi connectivity index (χ2v) is 2.68. The van der Waals surface area contributed by atoms with Gasteiger partial charge in [-0.25, -0.2) is 0 Å². The van der Waals surface area contributed by atoms with Crippen LogP contribution in [0.15, 0.2) is 0 Å². The van der Waals surface area contributed by atoms with E-state index in [0.29, 0.717) is 0 Å². The molecule has 0 aromatic carbocycles. The fraction of sp³-hybridized carbons (Fsp3) is 0. The summed E-state index contributed by atoms with van der Waals surface area (Å²) in [5.41, 5.74) is 0. The summed E-state index contributed by atoms with van der Waals surface area (Å²) >= 11 is 0. The maximum Gasteiger partial charge on any atom is 2.00 e. The van der Waals surface area contributed by atoms with E-state index in [1.807, 2.05) is 0 Å². The van der Waals surface area contributed by atoms with Gasteiger partial charge in [0.2, 0.25) is 0 Å². The summed E-state index contributed by atoms with van der Waals surface area (Å²) in [6.45, 7) is 0. The molecule has 0 aromatic rings. The molecule has 0 aliphatic rings. The Kier molecular flexibility index (Phi) is 28.6. The van der Waals surface area contributed by atoms with Gasteiger partial charge in [-0.1, -0.05) is 0 Å². The van der Waals surface area contributed by atoms with E-state index in [0.717, 1.165) is 0 Å². The van der Waals surface area contributed by atoms with E-state index >= 15 is 0 Å². The molecule has 8 nitrogen and oxygen atoms in total. The van der Waals surface area contributed by atoms with Gasteiger partial charge in [0.1, 0.15) is 0 Å². The Morgan fingerprint density at radius 2 is 0.692 bits per heavy atom. The van der Waals surface area contributed by atoms with Crippen LogP contribution in [0.3, 0.4) is 0 Å². The molecular weight excluding hydrogens is 341 g/mol. The zero-order chi connectivity index (χ0) is 9.00. The molecule has 0 bridgehead atoms. The van der Waals surface area contributed by atoms with E-state index < -0.39 is 15.6 Å². The zero-order valence-electron chi connectivity index (χ0n) is 5.60. The first-order chi connectivity index (χ1) is 4.00. The van der Waals surface area contributed by atoms with Gasteiger partial charge in [-0.15, -0.1) is 0 Å². The molecule has 0 aliphatic heterocycles. The molecule has 75 valence electrons. The topological polar surface area (TPSA) is 172 Å². The van der Waals surface area contributed by atoms with E-state index in [-0.39, 0.29) is 71.9 Å². The number of hydrogen-bond acceptors (Lipinski definition) is 8. The Hall–Kier alpha value is 2.52. The van der Waals surface area contributed by atoms with Gasteiger partial charge >= 0.3 is 71.9 Å². The molecule has 0 heterocycles. The first-order valence-corrected chi connectivity index (χ1v) is 4.38. The molecule has 0 rings (SSSR count). The van der Waals surface area contributed by atoms with Gasteiger partial charge in [0, 0.05) is 0 Å². The van der Waals surface area contributed by atoms with Gasteiger partial charge in [-0.05, 0) is 0 Å². The van der Waals surface area contributed by atoms with E-state index in [1.165, 1.54) is 0 Å². The third kappa shape index (κ3) is 359. The van der Waals surface area contributed by atoms with Gasteiger partial charge in [0.05, 0.1) is 0 Å². The number of phosphoric acid groups is 2. The van der Waals surface area contributed by atoms with Crippen molar-refractivity contribution in [3.05, 3.63) is 0 Å². The van der Waals surface area contributed by atoms with Crippen LogP contribution >= 0.6 is 15.6 Å². The van der Waals surface area contributed by atoms with Crippen molar-refractivity contribution in [2.45, 2.75) is 0 Å². The molecule has 0 spiro atoms. The van der Waals surface area contributed by atoms with Gasteiger partial charge in [-0.3, -0.25) is 0 Å². The van der Waals surface area contributed by atoms with E-state index in [9.17, 15) is 0 Å². The molecule has 0 saturated carbocycles. The molecule has 0 unspecified atom stereocenters. The summed E-state index contributed by atoms with van der Waals surface area (Å²) in [5.74, 6) is 0. The normalized spacial score (nSPS) is 9.08. The van der Waals surface area contributed by atoms with Gasteiger partial charge in [0.25, 0.3) is 0 Å². The number of rotatable bonds is 0. The average molecular weight is 341 g/mol. The van der Waals surface area contributed by atoms with Crippen LogP contribution in [0.25, 0.3) is 0 Å². The molecule has 0 atom stereocenters.